The molecular formula is C42H68FN7O9S. The fourth-order valence-electron chi connectivity index (χ4n) is 8.75. The summed E-state index contributed by atoms with van der Waals surface area (Å²) in [5.41, 5.74) is -0.795. The number of amides is 1. The number of ether oxygens (including phenoxy) is 5. The third-order valence-corrected chi connectivity index (χ3v) is 12.2. The van der Waals surface area contributed by atoms with Gasteiger partial charge in [0.25, 0.3) is 0 Å². The van der Waals surface area contributed by atoms with Crippen LogP contribution in [0.1, 0.15) is 87.0 Å². The van der Waals surface area contributed by atoms with Gasteiger partial charge in [0.2, 0.25) is 0 Å². The number of unbranched alkanes of at least 4 members (excludes halogenated alkanes) is 1. The molecule has 0 aromatic carbocycles. The Morgan fingerprint density at radius 3 is 2.43 bits per heavy atom. The lowest BCUT2D eigenvalue weighted by Gasteiger charge is -2.45. The molecule has 3 fully saturated rings. The van der Waals surface area contributed by atoms with Crippen LogP contribution < -0.4 is 5.32 Å². The quantitative estimate of drug-likeness (QED) is 0.173. The highest BCUT2D eigenvalue weighted by atomic mass is 32.2. The summed E-state index contributed by atoms with van der Waals surface area (Å²) in [5.74, 6) is -2.26. The lowest BCUT2D eigenvalue weighted by atomic mass is 9.83. The Bertz CT molecular complexity index is 1680. The first kappa shape index (κ1) is 49.4. The van der Waals surface area contributed by atoms with Gasteiger partial charge in [0, 0.05) is 63.3 Å². The number of pyridine rings is 1. The minimum Gasteiger partial charge on any atom is -0.458 e. The van der Waals surface area contributed by atoms with Gasteiger partial charge in [-0.15, -0.1) is 5.10 Å². The lowest BCUT2D eigenvalue weighted by molar-refractivity contribution is -0.289. The first-order valence-corrected chi connectivity index (χ1v) is 22.2. The Morgan fingerprint density at radius 1 is 1.10 bits per heavy atom. The molecule has 0 spiro atoms. The van der Waals surface area contributed by atoms with Crippen molar-refractivity contribution >= 4 is 30.0 Å². The van der Waals surface area contributed by atoms with Crippen LogP contribution in [0, 0.1) is 11.8 Å². The van der Waals surface area contributed by atoms with E-state index in [4.69, 9.17) is 23.7 Å². The molecule has 18 heteroatoms. The maximum atomic E-state index is 14.0. The van der Waals surface area contributed by atoms with Crippen LogP contribution in [0.5, 0.6) is 0 Å². The van der Waals surface area contributed by atoms with Gasteiger partial charge in [0.05, 0.1) is 35.7 Å². The Morgan fingerprint density at radius 2 is 1.80 bits per heavy atom. The third kappa shape index (κ3) is 12.0. The average molecular weight is 866 g/mol. The Kier molecular flexibility index (Phi) is 18.3. The highest BCUT2D eigenvalue weighted by Gasteiger charge is 2.58. The Labute approximate surface area is 359 Å². The molecule has 1 amide bonds. The van der Waals surface area contributed by atoms with Crippen LogP contribution in [0.4, 0.5) is 8.68 Å². The number of esters is 1. The molecule has 16 nitrogen and oxygen atoms in total. The zero-order valence-corrected chi connectivity index (χ0v) is 38.0. The molecule has 3 aliphatic heterocycles. The van der Waals surface area contributed by atoms with Crippen molar-refractivity contribution in [3.8, 4) is 11.4 Å². The number of ketones is 1. The molecule has 5 rings (SSSR count). The van der Waals surface area contributed by atoms with Crippen molar-refractivity contribution in [1.82, 2.24) is 35.1 Å². The second-order valence-electron chi connectivity index (χ2n) is 17.1. The number of rotatable bonds is 11. The first-order chi connectivity index (χ1) is 28.4. The van der Waals surface area contributed by atoms with Crippen LogP contribution in [0.2, 0.25) is 0 Å². The smallest absolute Gasteiger partial charge is 0.410 e. The van der Waals surface area contributed by atoms with E-state index in [0.717, 1.165) is 12.1 Å². The Balaban J connectivity index is 0.00000257. The Hall–Kier alpha value is -3.26. The largest absolute Gasteiger partial charge is 0.458 e. The van der Waals surface area contributed by atoms with Crippen LogP contribution in [0.3, 0.4) is 0 Å². The van der Waals surface area contributed by atoms with E-state index in [1.54, 1.807) is 22.9 Å². The number of halogens is 1. The summed E-state index contributed by atoms with van der Waals surface area (Å²) in [4.78, 5) is 49.7. The standard InChI is InChI=1S/C41H65N7O9.CH3FS/c1-11-33-41(7)36(48(39(52)57-41)19-15-14-18-47-24-30(44-45-47)29-16-12-13-17-42-29)28(5)43-23-25(2)22-40(6,53-10)34(21-32(49)27(4)37(51)55-33)56-38-35(50)31(46(8)9)20-26(3)54-38;1-3-2/h12-13,16-17,24-28,31,33-36,38,43,50H,11,14-15,18-23H2,1-10H3;1H3/t25-,26?,27-,28-,31?,33-,34-,35?,36-,38+,40-,41-;/m1./s1. The number of nitrogens with one attached hydrogen (secondary N) is 1. The van der Waals surface area contributed by atoms with Gasteiger partial charge >= 0.3 is 12.1 Å². The van der Waals surface area contributed by atoms with Crippen molar-refractivity contribution in [2.24, 2.45) is 11.8 Å². The van der Waals surface area contributed by atoms with Crippen LogP contribution in [-0.2, 0) is 39.8 Å². The van der Waals surface area contributed by atoms with Gasteiger partial charge in [0.15, 0.2) is 11.9 Å². The van der Waals surface area contributed by atoms with Crippen LogP contribution in [0.25, 0.3) is 11.4 Å². The number of hydrogen-bond acceptors (Lipinski definition) is 15. The maximum Gasteiger partial charge on any atom is 0.410 e. The highest BCUT2D eigenvalue weighted by Crippen LogP contribution is 2.39. The second-order valence-corrected chi connectivity index (χ2v) is 17.4. The fourth-order valence-corrected chi connectivity index (χ4v) is 8.75. The molecule has 12 atom stereocenters. The number of cyclic esters (lactones) is 1. The maximum absolute atomic E-state index is 14.0. The number of carbonyl (C=O) groups is 3. The van der Waals surface area contributed by atoms with Gasteiger partial charge in [-0.1, -0.05) is 25.1 Å². The topological polar surface area (TPSA) is 180 Å². The number of carbonyl (C=O) groups excluding carboxylic acids is 3. The van der Waals surface area contributed by atoms with Crippen molar-refractivity contribution in [2.45, 2.75) is 154 Å². The van der Waals surface area contributed by atoms with E-state index in [0.29, 0.717) is 51.0 Å². The predicted octanol–water partition coefficient (Wildman–Crippen LogP) is 5.09. The molecule has 60 heavy (non-hydrogen) atoms. The molecule has 2 N–H and O–H groups in total. The monoisotopic (exact) mass is 865 g/mol. The van der Waals surface area contributed by atoms with E-state index in [1.165, 1.54) is 13.2 Å². The van der Waals surface area contributed by atoms with Crippen LogP contribution in [0.15, 0.2) is 30.6 Å². The fraction of sp³-hybridized carbons (Fsp3) is 0.762. The number of aliphatic hydroxyl groups excluding tert-OH is 1. The lowest BCUT2D eigenvalue weighted by Crippen LogP contribution is -2.61. The summed E-state index contributed by atoms with van der Waals surface area (Å²) >= 11 is 0.250. The van der Waals surface area contributed by atoms with E-state index in [1.807, 2.05) is 78.0 Å². The van der Waals surface area contributed by atoms with Crippen molar-refractivity contribution in [2.75, 3.05) is 40.6 Å². The number of nitrogens with zero attached hydrogens (tertiary/aromatic N) is 6. The normalized spacial score (nSPS) is 34.5. The number of methoxy groups -OCH3 is 1. The molecule has 338 valence electrons. The summed E-state index contributed by atoms with van der Waals surface area (Å²) in [7, 11) is 5.38. The van der Waals surface area contributed by atoms with E-state index < -0.39 is 65.6 Å². The van der Waals surface area contributed by atoms with Gasteiger partial charge in [0.1, 0.15) is 29.6 Å². The predicted molar refractivity (Wildman–Crippen MR) is 225 cm³/mol. The van der Waals surface area contributed by atoms with Gasteiger partial charge < -0.3 is 39.0 Å². The van der Waals surface area contributed by atoms with Crippen LogP contribution >= 0.6 is 12.1 Å². The van der Waals surface area contributed by atoms with E-state index in [2.05, 4.69) is 27.5 Å². The van der Waals surface area contributed by atoms with Crippen molar-refractivity contribution < 1.29 is 47.1 Å². The summed E-state index contributed by atoms with van der Waals surface area (Å²) in [6.07, 6.45) is 3.22. The summed E-state index contributed by atoms with van der Waals surface area (Å²) in [6.45, 7) is 14.7. The van der Waals surface area contributed by atoms with Gasteiger partial charge in [-0.05, 0) is 105 Å². The van der Waals surface area contributed by atoms with E-state index >= 15 is 0 Å². The molecule has 3 unspecified atom stereocenters. The van der Waals surface area contributed by atoms with Crippen molar-refractivity contribution in [1.29, 1.82) is 0 Å². The summed E-state index contributed by atoms with van der Waals surface area (Å²) in [5, 5.41) is 23.5. The van der Waals surface area contributed by atoms with Crippen LogP contribution in [-0.4, -0.2) is 153 Å². The third-order valence-electron chi connectivity index (χ3n) is 12.2. The molecule has 5 heterocycles. The van der Waals surface area contributed by atoms with E-state index in [-0.39, 0.29) is 42.7 Å². The highest BCUT2D eigenvalue weighted by molar-refractivity contribution is 7.93. The molecule has 0 radical (unpaired) electrons. The zero-order valence-electron chi connectivity index (χ0n) is 37.2. The molecule has 3 saturated heterocycles. The number of hydrogen-bond donors (Lipinski definition) is 2. The van der Waals surface area contributed by atoms with Crippen molar-refractivity contribution in [3.05, 3.63) is 30.6 Å². The second kappa shape index (κ2) is 22.2. The van der Waals surface area contributed by atoms with E-state index in [9.17, 15) is 23.4 Å². The molecule has 0 aliphatic carbocycles. The molecule has 2 aromatic heterocycles. The van der Waals surface area contributed by atoms with Crippen molar-refractivity contribution in [3.63, 3.8) is 0 Å². The molecular weight excluding hydrogens is 798 g/mol. The number of fused-ring (bicyclic) bond motifs is 1. The molecule has 0 saturated carbocycles. The minimum absolute atomic E-state index is 0.00281. The minimum atomic E-state index is -1.22. The number of Topliss-reactive ketones (excluding diaryl/α,β-unsaturated/α-hetero) is 1. The number of likely N-dealkylation sites (N-methyl/N-ethyl adjacent to an activating group) is 1. The average Bonchev–Trinajstić information content (AvgIpc) is 3.79. The summed E-state index contributed by atoms with van der Waals surface area (Å²) in [6, 6.07) is 4.63. The SMILES string of the molecule is CC[C@H]1OC(=O)[C@H](C)C(=O)C[C@@H](O[C@@H]2OC(C)CC(N(C)C)C2O)[C@](C)(OC)C[C@@H](C)CN[C@H](C)[C@H]2N(CCCCn3cc(-c4ccccn4)nn3)C(=O)O[C@]12C.CSF. The number of aryl methyl sites for hydroxylation is 1. The molecule has 2 aromatic rings. The summed E-state index contributed by atoms with van der Waals surface area (Å²) < 4.78 is 43.2. The first-order valence-electron chi connectivity index (χ1n) is 21.1. The molecule has 0 bridgehead atoms. The van der Waals surface area contributed by atoms with Gasteiger partial charge in [-0.3, -0.25) is 24.2 Å². The number of aliphatic hydroxyl groups is 1. The van der Waals surface area contributed by atoms with Gasteiger partial charge in [-0.25, -0.2) is 4.79 Å². The van der Waals surface area contributed by atoms with Gasteiger partial charge in [-0.2, -0.15) is 3.89 Å². The number of aromatic nitrogens is 4. The molecule has 3 aliphatic rings. The zero-order chi connectivity index (χ0) is 44.4.